The highest BCUT2D eigenvalue weighted by atomic mass is 127. The fourth-order valence-corrected chi connectivity index (χ4v) is 3.20. The lowest BCUT2D eigenvalue weighted by molar-refractivity contribution is -0.124. The van der Waals surface area contributed by atoms with Crippen LogP contribution in [0.2, 0.25) is 0 Å². The van der Waals surface area contributed by atoms with Crippen LogP contribution in [0.4, 0.5) is 0 Å². The number of carbonyl (C=O) groups excluding carboxylic acids is 1. The van der Waals surface area contributed by atoms with E-state index in [4.69, 9.17) is 0 Å². The lowest BCUT2D eigenvalue weighted by atomic mass is 9.88. The Morgan fingerprint density at radius 2 is 2.11 bits per heavy atom. The molecule has 0 aromatic heterocycles. The summed E-state index contributed by atoms with van der Waals surface area (Å²) in [6.45, 7) is 8.61. The molecule has 0 aromatic carbocycles. The molecular weight excluding hydrogens is 341 g/mol. The topological polar surface area (TPSA) is 44.4 Å². The summed E-state index contributed by atoms with van der Waals surface area (Å²) in [6.07, 6.45) is 2.82. The molecule has 0 aromatic rings. The first-order chi connectivity index (χ1) is 8.48. The van der Waals surface area contributed by atoms with Crippen molar-refractivity contribution in [3.63, 3.8) is 0 Å². The number of piperidine rings is 1. The Hall–Kier alpha value is 0.120. The van der Waals surface area contributed by atoms with Gasteiger partial charge in [-0.25, -0.2) is 0 Å². The molecule has 18 heavy (non-hydrogen) atoms. The molecule has 2 saturated heterocycles. The van der Waals surface area contributed by atoms with Crippen molar-refractivity contribution in [3.05, 3.63) is 0 Å². The fourth-order valence-electron chi connectivity index (χ4n) is 2.64. The van der Waals surface area contributed by atoms with Gasteiger partial charge in [0.15, 0.2) is 0 Å². The van der Waals surface area contributed by atoms with Gasteiger partial charge in [-0.1, -0.05) is 22.6 Å². The molecule has 2 fully saturated rings. The Morgan fingerprint density at radius 1 is 1.50 bits per heavy atom. The Balaban J connectivity index is 1.76. The molecule has 1 amide bonds. The minimum atomic E-state index is 0.0102. The van der Waals surface area contributed by atoms with Gasteiger partial charge in [0.2, 0.25) is 5.91 Å². The molecular formula is C13H24IN3O. The summed E-state index contributed by atoms with van der Waals surface area (Å²) >= 11 is 2.46. The molecule has 2 rings (SSSR count). The van der Waals surface area contributed by atoms with Crippen LogP contribution in [0.25, 0.3) is 0 Å². The Morgan fingerprint density at radius 3 is 2.56 bits per heavy atom. The molecule has 1 atom stereocenters. The number of likely N-dealkylation sites (tertiary alicyclic amines) is 1. The first-order valence-corrected chi connectivity index (χ1v) is 8.13. The minimum absolute atomic E-state index is 0.0102. The zero-order valence-electron chi connectivity index (χ0n) is 11.3. The van der Waals surface area contributed by atoms with E-state index in [9.17, 15) is 4.79 Å². The van der Waals surface area contributed by atoms with Gasteiger partial charge in [0, 0.05) is 25.0 Å². The largest absolute Gasteiger partial charge is 0.351 e. The van der Waals surface area contributed by atoms with Crippen LogP contribution in [0.15, 0.2) is 0 Å². The van der Waals surface area contributed by atoms with Crippen LogP contribution in [0.5, 0.6) is 0 Å². The Kier molecular flexibility index (Phi) is 4.88. The number of nitrogens with one attached hydrogen (secondary N) is 2. The second-order valence-electron chi connectivity index (χ2n) is 5.95. The first-order valence-electron chi connectivity index (χ1n) is 6.88. The minimum Gasteiger partial charge on any atom is -0.351 e. The summed E-state index contributed by atoms with van der Waals surface area (Å²) in [4.78, 5) is 14.5. The molecule has 2 N–H and O–H groups in total. The van der Waals surface area contributed by atoms with E-state index < -0.39 is 0 Å². The summed E-state index contributed by atoms with van der Waals surface area (Å²) in [5, 5.41) is 6.47. The van der Waals surface area contributed by atoms with Gasteiger partial charge in [-0.05, 0) is 45.7 Å². The zero-order chi connectivity index (χ0) is 13.2. The molecule has 1 unspecified atom stereocenters. The van der Waals surface area contributed by atoms with Crippen LogP contribution in [0, 0.1) is 5.92 Å². The zero-order valence-corrected chi connectivity index (χ0v) is 13.5. The van der Waals surface area contributed by atoms with Crippen molar-refractivity contribution in [1.82, 2.24) is 15.5 Å². The van der Waals surface area contributed by atoms with E-state index in [-0.39, 0.29) is 11.4 Å². The highest BCUT2D eigenvalue weighted by molar-refractivity contribution is 14.1. The van der Waals surface area contributed by atoms with E-state index >= 15 is 0 Å². The average molecular weight is 365 g/mol. The standard InChI is InChI=1S/C13H24IN3O/c1-10(14)17-5-3-13(2,4-6-17)16-12(18)7-11-8-15-9-11/h10-11,15H,3-9H2,1-2H3,(H,16,18). The monoisotopic (exact) mass is 365 g/mol. The Bertz CT molecular complexity index is 297. The lowest BCUT2D eigenvalue weighted by Crippen LogP contribution is -2.55. The number of amides is 1. The van der Waals surface area contributed by atoms with E-state index in [0.717, 1.165) is 39.0 Å². The molecule has 0 saturated carbocycles. The van der Waals surface area contributed by atoms with Crippen molar-refractivity contribution in [2.24, 2.45) is 5.92 Å². The number of alkyl halides is 1. The van der Waals surface area contributed by atoms with Crippen LogP contribution in [0.1, 0.15) is 33.1 Å². The van der Waals surface area contributed by atoms with Gasteiger partial charge in [-0.2, -0.15) is 0 Å². The number of rotatable bonds is 4. The predicted molar refractivity (Wildman–Crippen MR) is 81.8 cm³/mol. The molecule has 4 nitrogen and oxygen atoms in total. The van der Waals surface area contributed by atoms with Gasteiger partial charge in [0.05, 0.1) is 4.05 Å². The van der Waals surface area contributed by atoms with Crippen LogP contribution in [0.3, 0.4) is 0 Å². The van der Waals surface area contributed by atoms with Crippen molar-refractivity contribution in [2.75, 3.05) is 26.2 Å². The smallest absolute Gasteiger partial charge is 0.220 e. The van der Waals surface area contributed by atoms with Crippen molar-refractivity contribution in [1.29, 1.82) is 0 Å². The molecule has 0 aliphatic carbocycles. The van der Waals surface area contributed by atoms with Gasteiger partial charge in [0.25, 0.3) is 0 Å². The molecule has 2 aliphatic heterocycles. The van der Waals surface area contributed by atoms with Gasteiger partial charge in [-0.3, -0.25) is 9.69 Å². The third-order valence-electron chi connectivity index (χ3n) is 4.19. The lowest BCUT2D eigenvalue weighted by Gasteiger charge is -2.41. The van der Waals surface area contributed by atoms with Crippen molar-refractivity contribution in [3.8, 4) is 0 Å². The predicted octanol–water partition coefficient (Wildman–Crippen LogP) is 1.35. The molecule has 0 bridgehead atoms. The maximum atomic E-state index is 12.0. The number of hydrogen-bond acceptors (Lipinski definition) is 3. The molecule has 5 heteroatoms. The van der Waals surface area contributed by atoms with Crippen molar-refractivity contribution in [2.45, 2.75) is 42.7 Å². The molecule has 2 heterocycles. The maximum absolute atomic E-state index is 12.0. The average Bonchev–Trinajstić information content (AvgIpc) is 2.23. The van der Waals surface area contributed by atoms with E-state index in [1.807, 2.05) is 0 Å². The number of nitrogens with zero attached hydrogens (tertiary/aromatic N) is 1. The fraction of sp³-hybridized carbons (Fsp3) is 0.923. The van der Waals surface area contributed by atoms with E-state index in [2.05, 4.69) is 52.0 Å². The van der Waals surface area contributed by atoms with Crippen LogP contribution in [-0.2, 0) is 4.79 Å². The molecule has 0 radical (unpaired) electrons. The number of carbonyl (C=O) groups is 1. The van der Waals surface area contributed by atoms with Crippen LogP contribution in [-0.4, -0.2) is 46.6 Å². The summed E-state index contributed by atoms with van der Waals surface area (Å²) in [5.74, 6) is 0.794. The van der Waals surface area contributed by atoms with Crippen molar-refractivity contribution < 1.29 is 4.79 Å². The van der Waals surface area contributed by atoms with Crippen LogP contribution < -0.4 is 10.6 Å². The summed E-state index contributed by atoms with van der Waals surface area (Å²) < 4.78 is 0.587. The maximum Gasteiger partial charge on any atom is 0.220 e. The number of hydrogen-bond donors (Lipinski definition) is 2. The van der Waals surface area contributed by atoms with E-state index in [0.29, 0.717) is 16.4 Å². The summed E-state index contributed by atoms with van der Waals surface area (Å²) in [5.41, 5.74) is 0.0102. The first kappa shape index (κ1) is 14.5. The van der Waals surface area contributed by atoms with E-state index in [1.54, 1.807) is 0 Å². The van der Waals surface area contributed by atoms with Gasteiger partial charge < -0.3 is 10.6 Å². The van der Waals surface area contributed by atoms with Gasteiger partial charge >= 0.3 is 0 Å². The SMILES string of the molecule is CC(I)N1CCC(C)(NC(=O)CC2CNC2)CC1. The highest BCUT2D eigenvalue weighted by Gasteiger charge is 2.33. The second-order valence-corrected chi connectivity index (χ2v) is 7.75. The summed E-state index contributed by atoms with van der Waals surface area (Å²) in [6, 6.07) is 0. The van der Waals surface area contributed by atoms with Gasteiger partial charge in [-0.15, -0.1) is 0 Å². The van der Waals surface area contributed by atoms with Crippen molar-refractivity contribution >= 4 is 28.5 Å². The normalized spacial score (nSPS) is 26.4. The number of halogens is 1. The van der Waals surface area contributed by atoms with E-state index in [1.165, 1.54) is 0 Å². The molecule has 104 valence electrons. The highest BCUT2D eigenvalue weighted by Crippen LogP contribution is 2.25. The Labute approximate surface area is 123 Å². The van der Waals surface area contributed by atoms with Gasteiger partial charge in [0.1, 0.15) is 0 Å². The summed E-state index contributed by atoms with van der Waals surface area (Å²) in [7, 11) is 0. The second kappa shape index (κ2) is 6.05. The molecule has 0 spiro atoms. The third kappa shape index (κ3) is 3.81. The molecule has 2 aliphatic rings. The quantitative estimate of drug-likeness (QED) is 0.449. The van der Waals surface area contributed by atoms with Crippen LogP contribution >= 0.6 is 22.6 Å². The third-order valence-corrected chi connectivity index (χ3v) is 4.97.